The van der Waals surface area contributed by atoms with E-state index in [0.717, 1.165) is 32.8 Å². The highest BCUT2D eigenvalue weighted by Crippen LogP contribution is 2.27. The number of nitrogens with zero attached hydrogens (tertiary/aromatic N) is 1. The fraction of sp³-hybridized carbons (Fsp3) is 0.375. The van der Waals surface area contributed by atoms with E-state index in [4.69, 9.17) is 0 Å². The first-order valence-corrected chi connectivity index (χ1v) is 10.9. The zero-order valence-electron chi connectivity index (χ0n) is 17.2. The van der Waals surface area contributed by atoms with Gasteiger partial charge < -0.3 is 22.2 Å². The highest BCUT2D eigenvalue weighted by molar-refractivity contribution is 9.10. The van der Waals surface area contributed by atoms with Crippen LogP contribution in [0.25, 0.3) is 6.08 Å². The molecule has 1 saturated carbocycles. The van der Waals surface area contributed by atoms with Crippen LogP contribution < -0.4 is 17.7 Å². The second-order valence-electron chi connectivity index (χ2n) is 8.30. The predicted octanol–water partition coefficient (Wildman–Crippen LogP) is 3.01. The number of quaternary nitrogens is 1. The second-order valence-corrected chi connectivity index (χ2v) is 9.22. The van der Waals surface area contributed by atoms with Gasteiger partial charge in [0.05, 0.1) is 20.1 Å². The Balaban J connectivity index is 0.00000300. The van der Waals surface area contributed by atoms with E-state index in [9.17, 15) is 4.79 Å². The van der Waals surface area contributed by atoms with E-state index >= 15 is 0 Å². The van der Waals surface area contributed by atoms with E-state index in [1.54, 1.807) is 6.08 Å². The lowest BCUT2D eigenvalue weighted by molar-refractivity contribution is -0.929. The van der Waals surface area contributed by atoms with Gasteiger partial charge in [-0.1, -0.05) is 46.6 Å². The van der Waals surface area contributed by atoms with Gasteiger partial charge in [0.1, 0.15) is 6.54 Å². The van der Waals surface area contributed by atoms with E-state index in [-0.39, 0.29) is 18.3 Å². The maximum absolute atomic E-state index is 12.2. The number of halogens is 2. The highest BCUT2D eigenvalue weighted by Gasteiger charge is 2.29. The summed E-state index contributed by atoms with van der Waals surface area (Å²) in [6.45, 7) is 1.03. The maximum atomic E-state index is 12.2. The van der Waals surface area contributed by atoms with Crippen molar-refractivity contribution in [3.05, 3.63) is 70.2 Å². The van der Waals surface area contributed by atoms with Crippen molar-refractivity contribution >= 4 is 33.6 Å². The van der Waals surface area contributed by atoms with Gasteiger partial charge in [0, 0.05) is 21.8 Å². The van der Waals surface area contributed by atoms with Crippen molar-refractivity contribution in [1.82, 2.24) is 0 Å². The van der Waals surface area contributed by atoms with Crippen LogP contribution >= 0.6 is 15.9 Å². The Kier molecular flexibility index (Phi) is 8.94. The van der Waals surface area contributed by atoms with Gasteiger partial charge in [-0.2, -0.15) is 0 Å². The molecule has 3 nitrogen and oxygen atoms in total. The first-order valence-electron chi connectivity index (χ1n) is 10.1. The molecule has 0 atom stereocenters. The molecule has 1 N–H and O–H groups in total. The van der Waals surface area contributed by atoms with Gasteiger partial charge in [-0.25, -0.2) is 0 Å². The molecule has 0 aromatic heterocycles. The molecule has 1 aliphatic rings. The molecule has 2 aromatic carbocycles. The molecule has 1 aliphatic carbocycles. The Morgan fingerprint density at radius 1 is 1.10 bits per heavy atom. The Hall–Kier alpha value is -1.62. The van der Waals surface area contributed by atoms with E-state index in [0.29, 0.717) is 0 Å². The molecule has 29 heavy (non-hydrogen) atoms. The second kappa shape index (κ2) is 11.0. The Morgan fingerprint density at radius 3 is 2.45 bits per heavy atom. The minimum Gasteiger partial charge on any atom is -1.00 e. The maximum Gasteiger partial charge on any atom is 0.248 e. The molecule has 3 rings (SSSR count). The highest BCUT2D eigenvalue weighted by atomic mass is 79.9. The zero-order chi connectivity index (χ0) is 20.0. The minimum atomic E-state index is -0.119. The molecule has 1 fully saturated rings. The normalized spacial score (nSPS) is 15.1. The summed E-state index contributed by atoms with van der Waals surface area (Å²) in [6, 6.07) is 16.9. The van der Waals surface area contributed by atoms with Gasteiger partial charge in [-0.15, -0.1) is 0 Å². The number of carbonyl (C=O) groups excluding carboxylic acids is 1. The SMILES string of the molecule is C[N+](C)(Cc1ccc(NC(=O)/C=C/c2cccc(Br)c2)cc1)C1CCCCC1.[Cl-]. The molecule has 0 aliphatic heterocycles. The molecule has 2 aromatic rings. The molecule has 0 unspecified atom stereocenters. The van der Waals surface area contributed by atoms with E-state index in [2.05, 4.69) is 47.5 Å². The van der Waals surface area contributed by atoms with Crippen molar-refractivity contribution in [1.29, 1.82) is 0 Å². The third-order valence-electron chi connectivity index (χ3n) is 5.65. The predicted molar refractivity (Wildman–Crippen MR) is 121 cm³/mol. The third-order valence-corrected chi connectivity index (χ3v) is 6.14. The van der Waals surface area contributed by atoms with Crippen molar-refractivity contribution in [3.8, 4) is 0 Å². The van der Waals surface area contributed by atoms with Crippen LogP contribution in [0.5, 0.6) is 0 Å². The molecular weight excluding hydrogens is 448 g/mol. The number of hydrogen-bond donors (Lipinski definition) is 1. The van der Waals surface area contributed by atoms with Gasteiger partial charge in [0.15, 0.2) is 0 Å². The number of rotatable bonds is 6. The van der Waals surface area contributed by atoms with Crippen LogP contribution in [0.3, 0.4) is 0 Å². The number of amides is 1. The Labute approximate surface area is 189 Å². The number of nitrogens with one attached hydrogen (secondary N) is 1. The summed E-state index contributed by atoms with van der Waals surface area (Å²) in [5.74, 6) is -0.119. The molecular formula is C24H30BrClN2O. The fourth-order valence-corrected chi connectivity index (χ4v) is 4.46. The molecule has 0 bridgehead atoms. The molecule has 0 spiro atoms. The summed E-state index contributed by atoms with van der Waals surface area (Å²) in [5.41, 5.74) is 3.14. The summed E-state index contributed by atoms with van der Waals surface area (Å²) in [4.78, 5) is 12.2. The average molecular weight is 478 g/mol. The summed E-state index contributed by atoms with van der Waals surface area (Å²) >= 11 is 3.44. The first-order chi connectivity index (χ1) is 13.4. The van der Waals surface area contributed by atoms with Crippen LogP contribution in [-0.4, -0.2) is 30.5 Å². The van der Waals surface area contributed by atoms with Crippen molar-refractivity contribution < 1.29 is 21.7 Å². The quantitative estimate of drug-likeness (QED) is 0.503. The van der Waals surface area contributed by atoms with Gasteiger partial charge in [-0.3, -0.25) is 4.79 Å². The smallest absolute Gasteiger partial charge is 0.248 e. The van der Waals surface area contributed by atoms with Crippen LogP contribution in [0.4, 0.5) is 5.69 Å². The monoisotopic (exact) mass is 476 g/mol. The lowest BCUT2D eigenvalue weighted by Crippen LogP contribution is -3.00. The summed E-state index contributed by atoms with van der Waals surface area (Å²) < 4.78 is 2.04. The van der Waals surface area contributed by atoms with Crippen LogP contribution in [0.15, 0.2) is 59.1 Å². The minimum absolute atomic E-state index is 0. The lowest BCUT2D eigenvalue weighted by Gasteiger charge is -2.40. The summed E-state index contributed by atoms with van der Waals surface area (Å²) in [7, 11) is 4.69. The average Bonchev–Trinajstić information content (AvgIpc) is 2.68. The molecule has 0 heterocycles. The van der Waals surface area contributed by atoms with Crippen molar-refractivity contribution in [3.63, 3.8) is 0 Å². The third kappa shape index (κ3) is 7.29. The van der Waals surface area contributed by atoms with E-state index < -0.39 is 0 Å². The van der Waals surface area contributed by atoms with Gasteiger partial charge in [-0.05, 0) is 61.6 Å². The van der Waals surface area contributed by atoms with E-state index in [1.807, 2.05) is 42.5 Å². The molecule has 5 heteroatoms. The number of hydrogen-bond acceptors (Lipinski definition) is 1. The van der Waals surface area contributed by atoms with Crippen molar-refractivity contribution in [2.45, 2.75) is 44.7 Å². The van der Waals surface area contributed by atoms with Gasteiger partial charge in [0.2, 0.25) is 5.91 Å². The zero-order valence-corrected chi connectivity index (χ0v) is 19.5. The molecule has 1 amide bonds. The first kappa shape index (κ1) is 23.7. The van der Waals surface area contributed by atoms with Gasteiger partial charge >= 0.3 is 0 Å². The topological polar surface area (TPSA) is 29.1 Å². The molecule has 0 radical (unpaired) electrons. The Bertz CT molecular complexity index is 827. The number of anilines is 1. The number of benzene rings is 2. The van der Waals surface area contributed by atoms with Crippen LogP contribution in [0.1, 0.15) is 43.2 Å². The summed E-state index contributed by atoms with van der Waals surface area (Å²) in [6.07, 6.45) is 10.2. The largest absolute Gasteiger partial charge is 1.00 e. The van der Waals surface area contributed by atoms with Crippen LogP contribution in [0.2, 0.25) is 0 Å². The summed E-state index contributed by atoms with van der Waals surface area (Å²) in [5, 5.41) is 2.94. The number of carbonyl (C=O) groups is 1. The standard InChI is InChI=1S/C24H29BrN2O.ClH/c1-27(2,23-9-4-3-5-10-23)18-20-11-14-22(15-12-20)26-24(28)16-13-19-7-6-8-21(25)17-19;/h6-8,11-17,23H,3-5,9-10,18H2,1-2H3;1H/b16-13+;. The van der Waals surface area contributed by atoms with Crippen LogP contribution in [0, 0.1) is 0 Å². The fourth-order valence-electron chi connectivity index (χ4n) is 4.04. The van der Waals surface area contributed by atoms with Crippen molar-refractivity contribution in [2.24, 2.45) is 0 Å². The van der Waals surface area contributed by atoms with Crippen LogP contribution in [-0.2, 0) is 11.3 Å². The van der Waals surface area contributed by atoms with Crippen molar-refractivity contribution in [2.75, 3.05) is 19.4 Å². The molecule has 156 valence electrons. The lowest BCUT2D eigenvalue weighted by atomic mass is 9.92. The molecule has 0 saturated heterocycles. The Morgan fingerprint density at radius 2 is 1.79 bits per heavy atom. The van der Waals surface area contributed by atoms with E-state index in [1.165, 1.54) is 37.7 Å². The van der Waals surface area contributed by atoms with Gasteiger partial charge in [0.25, 0.3) is 0 Å².